The van der Waals surface area contributed by atoms with Crippen LogP contribution in [0.4, 0.5) is 10.5 Å². The van der Waals surface area contributed by atoms with Crippen LogP contribution in [0.2, 0.25) is 5.02 Å². The Morgan fingerprint density at radius 2 is 1.75 bits per heavy atom. The zero-order valence-corrected chi connectivity index (χ0v) is 23.2. The van der Waals surface area contributed by atoms with E-state index in [9.17, 15) is 14.4 Å². The molecule has 1 aliphatic rings. The molecular weight excluding hydrogens is 530 g/mol. The molecule has 208 valence electrons. The number of hydrogen-bond acceptors (Lipinski definition) is 5. The fraction of sp³-hybridized carbons (Fsp3) is 0.258. The molecule has 0 saturated carbocycles. The summed E-state index contributed by atoms with van der Waals surface area (Å²) in [4.78, 5) is 41.1. The molecule has 0 fully saturated rings. The minimum Gasteiger partial charge on any atom is -0.484 e. The summed E-state index contributed by atoms with van der Waals surface area (Å²) < 4.78 is 11.0. The van der Waals surface area contributed by atoms with Gasteiger partial charge in [0.25, 0.3) is 5.91 Å². The van der Waals surface area contributed by atoms with Gasteiger partial charge in [-0.15, -0.1) is 0 Å². The van der Waals surface area contributed by atoms with E-state index in [4.69, 9.17) is 21.1 Å². The SMILES string of the molecule is CCCCN1C(=O)N[C@@H](c2cccc(NC(=O)COc3ccc(Cl)cc3)c2)C(C(=O)OCC)=C1c1ccccc1. The summed E-state index contributed by atoms with van der Waals surface area (Å²) >= 11 is 5.90. The largest absolute Gasteiger partial charge is 0.484 e. The summed E-state index contributed by atoms with van der Waals surface area (Å²) in [5.74, 6) is -0.362. The number of rotatable bonds is 11. The second-order valence-electron chi connectivity index (χ2n) is 9.15. The lowest BCUT2D eigenvalue weighted by Crippen LogP contribution is -2.48. The summed E-state index contributed by atoms with van der Waals surface area (Å²) in [5, 5.41) is 6.38. The van der Waals surface area contributed by atoms with Gasteiger partial charge in [-0.3, -0.25) is 9.69 Å². The van der Waals surface area contributed by atoms with Crippen molar-refractivity contribution >= 4 is 40.9 Å². The first-order chi connectivity index (χ1) is 19.4. The molecule has 9 heteroatoms. The van der Waals surface area contributed by atoms with Gasteiger partial charge in [0.15, 0.2) is 6.61 Å². The summed E-state index contributed by atoms with van der Waals surface area (Å²) in [6.07, 6.45) is 1.65. The van der Waals surface area contributed by atoms with Crippen LogP contribution < -0.4 is 15.4 Å². The maximum Gasteiger partial charge on any atom is 0.338 e. The Bertz CT molecular complexity index is 1380. The number of urea groups is 1. The third-order valence-corrected chi connectivity index (χ3v) is 6.54. The normalized spacial score (nSPS) is 14.9. The molecule has 4 rings (SSSR count). The number of anilines is 1. The van der Waals surface area contributed by atoms with Crippen LogP contribution in [-0.2, 0) is 14.3 Å². The lowest BCUT2D eigenvalue weighted by atomic mass is 9.91. The van der Waals surface area contributed by atoms with E-state index in [1.807, 2.05) is 37.3 Å². The molecule has 1 heterocycles. The quantitative estimate of drug-likeness (QED) is 0.272. The highest BCUT2D eigenvalue weighted by molar-refractivity contribution is 6.30. The van der Waals surface area contributed by atoms with E-state index in [0.717, 1.165) is 18.4 Å². The molecular formula is C31H32ClN3O5. The van der Waals surface area contributed by atoms with E-state index in [0.29, 0.717) is 39.8 Å². The zero-order valence-electron chi connectivity index (χ0n) is 22.5. The highest BCUT2D eigenvalue weighted by atomic mass is 35.5. The highest BCUT2D eigenvalue weighted by Gasteiger charge is 2.38. The van der Waals surface area contributed by atoms with Crippen molar-refractivity contribution in [1.29, 1.82) is 0 Å². The molecule has 0 radical (unpaired) electrons. The maximum absolute atomic E-state index is 13.4. The van der Waals surface area contributed by atoms with Crippen LogP contribution in [0.25, 0.3) is 5.70 Å². The lowest BCUT2D eigenvalue weighted by molar-refractivity contribution is -0.139. The highest BCUT2D eigenvalue weighted by Crippen LogP contribution is 2.37. The number of nitrogens with zero attached hydrogens (tertiary/aromatic N) is 1. The van der Waals surface area contributed by atoms with Crippen LogP contribution in [-0.4, -0.2) is 42.6 Å². The molecule has 0 unspecified atom stereocenters. The Morgan fingerprint density at radius 1 is 1.00 bits per heavy atom. The van der Waals surface area contributed by atoms with E-state index < -0.39 is 12.0 Å². The number of benzene rings is 3. The van der Waals surface area contributed by atoms with E-state index >= 15 is 0 Å². The van der Waals surface area contributed by atoms with E-state index in [1.165, 1.54) is 0 Å². The van der Waals surface area contributed by atoms with Gasteiger partial charge >= 0.3 is 12.0 Å². The average Bonchev–Trinajstić information content (AvgIpc) is 2.96. The molecule has 0 spiro atoms. The number of amides is 3. The molecule has 0 bridgehead atoms. The van der Waals surface area contributed by atoms with Crippen LogP contribution in [0.3, 0.4) is 0 Å². The van der Waals surface area contributed by atoms with Crippen molar-refractivity contribution in [3.05, 3.63) is 101 Å². The van der Waals surface area contributed by atoms with Gasteiger partial charge in [-0.2, -0.15) is 0 Å². The first kappa shape index (κ1) is 28.7. The molecule has 1 aliphatic heterocycles. The van der Waals surface area contributed by atoms with Crippen LogP contribution >= 0.6 is 11.6 Å². The molecule has 40 heavy (non-hydrogen) atoms. The molecule has 1 atom stereocenters. The van der Waals surface area contributed by atoms with Gasteiger partial charge in [0, 0.05) is 17.3 Å². The topological polar surface area (TPSA) is 97.0 Å². The van der Waals surface area contributed by atoms with Gasteiger partial charge in [0.2, 0.25) is 0 Å². The lowest BCUT2D eigenvalue weighted by Gasteiger charge is -2.37. The molecule has 8 nitrogen and oxygen atoms in total. The molecule has 3 aromatic rings. The van der Waals surface area contributed by atoms with Gasteiger partial charge in [0.05, 0.1) is 23.9 Å². The van der Waals surface area contributed by atoms with Crippen molar-refractivity contribution in [1.82, 2.24) is 10.2 Å². The van der Waals surface area contributed by atoms with Crippen LogP contribution in [0, 0.1) is 0 Å². The van der Waals surface area contributed by atoms with Crippen LogP contribution in [0.5, 0.6) is 5.75 Å². The standard InChI is InChI=1S/C31H32ClN3O5/c1-3-5-18-35-29(21-10-7-6-8-11-21)27(30(37)39-4-2)28(34-31(35)38)22-12-9-13-24(19-22)33-26(36)20-40-25-16-14-23(32)15-17-25/h6-17,19,28H,3-5,18,20H2,1-2H3,(H,33,36)(H,34,38)/t28-/m0/s1. The number of carbonyl (C=O) groups excluding carboxylic acids is 3. The van der Waals surface area contributed by atoms with Gasteiger partial charge in [-0.25, -0.2) is 9.59 Å². The molecule has 3 amide bonds. The number of carbonyl (C=O) groups is 3. The number of nitrogens with one attached hydrogen (secondary N) is 2. The molecule has 2 N–H and O–H groups in total. The second-order valence-corrected chi connectivity index (χ2v) is 9.59. The van der Waals surface area contributed by atoms with Crippen LogP contribution in [0.1, 0.15) is 43.9 Å². The summed E-state index contributed by atoms with van der Waals surface area (Å²) in [6, 6.07) is 22.0. The predicted molar refractivity (Wildman–Crippen MR) is 155 cm³/mol. The Morgan fingerprint density at radius 3 is 2.45 bits per heavy atom. The summed E-state index contributed by atoms with van der Waals surface area (Å²) in [5.41, 5.74) is 2.71. The van der Waals surface area contributed by atoms with Gasteiger partial charge < -0.3 is 20.1 Å². The van der Waals surface area contributed by atoms with Crippen molar-refractivity contribution in [3.8, 4) is 5.75 Å². The maximum atomic E-state index is 13.4. The van der Waals surface area contributed by atoms with Gasteiger partial charge in [-0.05, 0) is 60.9 Å². The Labute approximate surface area is 238 Å². The van der Waals surface area contributed by atoms with E-state index in [2.05, 4.69) is 10.6 Å². The van der Waals surface area contributed by atoms with Crippen molar-refractivity contribution in [3.63, 3.8) is 0 Å². The smallest absolute Gasteiger partial charge is 0.338 e. The number of unbranched alkanes of at least 4 members (excludes halogenated alkanes) is 1. The first-order valence-corrected chi connectivity index (χ1v) is 13.6. The third-order valence-electron chi connectivity index (χ3n) is 6.29. The third kappa shape index (κ3) is 7.01. The fourth-order valence-electron chi connectivity index (χ4n) is 4.44. The van der Waals surface area contributed by atoms with Crippen molar-refractivity contribution < 1.29 is 23.9 Å². The fourth-order valence-corrected chi connectivity index (χ4v) is 4.57. The van der Waals surface area contributed by atoms with E-state index in [-0.39, 0.29) is 25.2 Å². The minimum atomic E-state index is -0.790. The van der Waals surface area contributed by atoms with E-state index in [1.54, 1.807) is 60.4 Å². The number of halogens is 1. The van der Waals surface area contributed by atoms with Crippen molar-refractivity contribution in [2.45, 2.75) is 32.7 Å². The Hall–Kier alpha value is -4.30. The summed E-state index contributed by atoms with van der Waals surface area (Å²) in [7, 11) is 0. The number of ether oxygens (including phenoxy) is 2. The predicted octanol–water partition coefficient (Wildman–Crippen LogP) is 6.20. The Kier molecular flexibility index (Phi) is 9.81. The molecule has 0 saturated heterocycles. The van der Waals surface area contributed by atoms with Gasteiger partial charge in [0.1, 0.15) is 5.75 Å². The molecule has 3 aromatic carbocycles. The van der Waals surface area contributed by atoms with Crippen molar-refractivity contribution in [2.75, 3.05) is 25.1 Å². The zero-order chi connectivity index (χ0) is 28.5. The monoisotopic (exact) mass is 561 g/mol. The first-order valence-electron chi connectivity index (χ1n) is 13.2. The molecule has 0 aliphatic carbocycles. The van der Waals surface area contributed by atoms with Crippen molar-refractivity contribution in [2.24, 2.45) is 0 Å². The number of esters is 1. The summed E-state index contributed by atoms with van der Waals surface area (Å²) in [6.45, 7) is 4.22. The molecule has 0 aromatic heterocycles. The minimum absolute atomic E-state index is 0.184. The van der Waals surface area contributed by atoms with Gasteiger partial charge in [-0.1, -0.05) is 67.4 Å². The Balaban J connectivity index is 1.66. The number of hydrogen-bond donors (Lipinski definition) is 2. The average molecular weight is 562 g/mol. The van der Waals surface area contributed by atoms with Crippen LogP contribution in [0.15, 0.2) is 84.4 Å². The second kappa shape index (κ2) is 13.7.